The Balaban J connectivity index is 1.29. The molecule has 3 aromatic heterocycles. The van der Waals surface area contributed by atoms with Gasteiger partial charge in [-0.05, 0) is 85.8 Å². The number of aliphatic hydroxyl groups is 1. The standard InChI is InChI=1S/C35H29F4N7O4/c1-18-11-20-12-21(13-25(27(20)43-15-18)45-32-41-9-2-10-42-32)30(47)44-16-34(49,35(37,38)39)26-14-24-29(28(46-26)19-3-7-23(36)8-4-19)50-17-33(24,31(40)48)22-5-6-22/h2-4,7-15,22,49H,5-6,16-17H2,1H3,(H2,40,48)(H,44,47)(H,41,42,45)/t33-,34+/m1/s1. The van der Waals surface area contributed by atoms with Crippen LogP contribution in [0.1, 0.15) is 40.0 Å². The largest absolute Gasteiger partial charge is 0.489 e. The molecule has 1 saturated carbocycles. The zero-order chi connectivity index (χ0) is 35.4. The van der Waals surface area contributed by atoms with Crippen molar-refractivity contribution in [1.82, 2.24) is 25.3 Å². The maximum atomic E-state index is 15.0. The molecule has 5 aromatic rings. The molecule has 2 atom stereocenters. The summed E-state index contributed by atoms with van der Waals surface area (Å²) in [6.45, 7) is 0.205. The van der Waals surface area contributed by atoms with E-state index in [4.69, 9.17) is 10.5 Å². The Labute approximate surface area is 281 Å². The summed E-state index contributed by atoms with van der Waals surface area (Å²) >= 11 is 0. The number of hydrogen-bond acceptors (Lipinski definition) is 9. The number of aryl methyl sites for hydroxylation is 1. The molecule has 0 unspecified atom stereocenters. The average Bonchev–Trinajstić information content (AvgIpc) is 3.86. The number of nitrogens with one attached hydrogen (secondary N) is 2. The van der Waals surface area contributed by atoms with Crippen LogP contribution in [0.25, 0.3) is 22.2 Å². The van der Waals surface area contributed by atoms with E-state index >= 15 is 13.2 Å². The maximum absolute atomic E-state index is 15.0. The molecule has 5 N–H and O–H groups in total. The zero-order valence-electron chi connectivity index (χ0n) is 26.4. The number of carbonyl (C=O) groups is 2. The molecule has 0 saturated heterocycles. The van der Waals surface area contributed by atoms with Crippen molar-refractivity contribution in [3.63, 3.8) is 0 Å². The van der Waals surface area contributed by atoms with Gasteiger partial charge in [0.05, 0.1) is 23.4 Å². The molecule has 256 valence electrons. The van der Waals surface area contributed by atoms with Crippen LogP contribution in [-0.2, 0) is 15.8 Å². The monoisotopic (exact) mass is 687 g/mol. The number of benzene rings is 2. The number of carbonyl (C=O) groups excluding carboxylic acids is 2. The van der Waals surface area contributed by atoms with Crippen LogP contribution >= 0.6 is 0 Å². The predicted molar refractivity (Wildman–Crippen MR) is 173 cm³/mol. The van der Waals surface area contributed by atoms with E-state index in [1.807, 2.05) is 0 Å². The Morgan fingerprint density at radius 2 is 1.78 bits per heavy atom. The first-order valence-corrected chi connectivity index (χ1v) is 15.6. The van der Waals surface area contributed by atoms with Crippen LogP contribution in [0.3, 0.4) is 0 Å². The van der Waals surface area contributed by atoms with Gasteiger partial charge in [0, 0.05) is 40.7 Å². The van der Waals surface area contributed by atoms with Gasteiger partial charge in [-0.15, -0.1) is 0 Å². The topological polar surface area (TPSA) is 165 Å². The molecule has 1 fully saturated rings. The number of alkyl halides is 3. The third-order valence-electron chi connectivity index (χ3n) is 9.12. The number of fused-ring (bicyclic) bond motifs is 2. The molecule has 0 bridgehead atoms. The van der Waals surface area contributed by atoms with E-state index in [0.717, 1.165) is 23.8 Å². The van der Waals surface area contributed by atoms with E-state index in [0.29, 0.717) is 29.4 Å². The molecule has 0 spiro atoms. The van der Waals surface area contributed by atoms with Crippen LogP contribution in [0.4, 0.5) is 29.2 Å². The van der Waals surface area contributed by atoms with Crippen LogP contribution in [0, 0.1) is 18.7 Å². The zero-order valence-corrected chi connectivity index (χ0v) is 26.4. The molecule has 2 amide bonds. The highest BCUT2D eigenvalue weighted by Crippen LogP contribution is 2.56. The molecule has 2 aliphatic rings. The predicted octanol–water partition coefficient (Wildman–Crippen LogP) is 4.98. The number of primary amides is 1. The van der Waals surface area contributed by atoms with Crippen LogP contribution in [0.2, 0.25) is 0 Å². The third kappa shape index (κ3) is 5.62. The number of hydrogen-bond donors (Lipinski definition) is 4. The van der Waals surface area contributed by atoms with Crippen LogP contribution in [0.15, 0.2) is 73.2 Å². The van der Waals surface area contributed by atoms with E-state index in [-0.39, 0.29) is 46.6 Å². The lowest BCUT2D eigenvalue weighted by Gasteiger charge is -2.32. The first-order chi connectivity index (χ1) is 23.8. The Bertz CT molecular complexity index is 2150. The van der Waals surface area contributed by atoms with E-state index < -0.39 is 47.1 Å². The van der Waals surface area contributed by atoms with Gasteiger partial charge in [0.25, 0.3) is 5.91 Å². The molecule has 0 radical (unpaired) electrons. The summed E-state index contributed by atoms with van der Waals surface area (Å²) in [5.74, 6) is -2.43. The van der Waals surface area contributed by atoms with Gasteiger partial charge in [-0.25, -0.2) is 19.3 Å². The lowest BCUT2D eigenvalue weighted by Crippen LogP contribution is -2.52. The van der Waals surface area contributed by atoms with Crippen LogP contribution in [0.5, 0.6) is 5.75 Å². The second-order valence-corrected chi connectivity index (χ2v) is 12.5. The molecule has 2 aromatic carbocycles. The van der Waals surface area contributed by atoms with Crippen molar-refractivity contribution in [1.29, 1.82) is 0 Å². The molecular weight excluding hydrogens is 658 g/mol. The Hall–Kier alpha value is -5.70. The number of nitrogens with two attached hydrogens (primary N) is 1. The second kappa shape index (κ2) is 12.0. The average molecular weight is 688 g/mol. The lowest BCUT2D eigenvalue weighted by atomic mass is 9.76. The highest BCUT2D eigenvalue weighted by Gasteiger charge is 2.60. The van der Waals surface area contributed by atoms with E-state index in [9.17, 15) is 19.1 Å². The summed E-state index contributed by atoms with van der Waals surface area (Å²) < 4.78 is 64.8. The van der Waals surface area contributed by atoms with Crippen molar-refractivity contribution in [2.45, 2.75) is 37.0 Å². The maximum Gasteiger partial charge on any atom is 0.424 e. The van der Waals surface area contributed by atoms with Crippen molar-refractivity contribution in [2.24, 2.45) is 11.7 Å². The van der Waals surface area contributed by atoms with Gasteiger partial charge in [-0.2, -0.15) is 13.2 Å². The van der Waals surface area contributed by atoms with Crippen molar-refractivity contribution < 1.29 is 37.0 Å². The van der Waals surface area contributed by atoms with Gasteiger partial charge in [0.2, 0.25) is 17.5 Å². The molecule has 4 heterocycles. The minimum atomic E-state index is -5.38. The normalized spacial score (nSPS) is 18.2. The van der Waals surface area contributed by atoms with Crippen molar-refractivity contribution in [2.75, 3.05) is 18.5 Å². The molecule has 1 aliphatic heterocycles. The fourth-order valence-corrected chi connectivity index (χ4v) is 6.33. The smallest absolute Gasteiger partial charge is 0.424 e. The van der Waals surface area contributed by atoms with Crippen LogP contribution < -0.4 is 21.1 Å². The number of rotatable bonds is 9. The Morgan fingerprint density at radius 3 is 2.44 bits per heavy atom. The van der Waals surface area contributed by atoms with Gasteiger partial charge >= 0.3 is 6.18 Å². The number of ether oxygens (including phenoxy) is 1. The lowest BCUT2D eigenvalue weighted by molar-refractivity contribution is -0.265. The molecule has 11 nitrogen and oxygen atoms in total. The van der Waals surface area contributed by atoms with Gasteiger partial charge in [0.15, 0.2) is 0 Å². The summed E-state index contributed by atoms with van der Waals surface area (Å²) in [7, 11) is 0. The Kier molecular flexibility index (Phi) is 7.89. The van der Waals surface area contributed by atoms with E-state index in [2.05, 4.69) is 30.6 Å². The molecule has 50 heavy (non-hydrogen) atoms. The first-order valence-electron chi connectivity index (χ1n) is 15.6. The van der Waals surface area contributed by atoms with E-state index in [1.54, 1.807) is 25.3 Å². The summed E-state index contributed by atoms with van der Waals surface area (Å²) in [5.41, 5.74) is 1.31. The second-order valence-electron chi connectivity index (χ2n) is 12.5. The quantitative estimate of drug-likeness (QED) is 0.156. The molecule has 1 aliphatic carbocycles. The van der Waals surface area contributed by atoms with Gasteiger partial charge < -0.3 is 26.2 Å². The third-order valence-corrected chi connectivity index (χ3v) is 9.12. The highest BCUT2D eigenvalue weighted by atomic mass is 19.4. The van der Waals surface area contributed by atoms with Gasteiger partial charge in [-0.1, -0.05) is 0 Å². The van der Waals surface area contributed by atoms with Gasteiger partial charge in [-0.3, -0.25) is 14.6 Å². The van der Waals surface area contributed by atoms with Crippen LogP contribution in [-0.4, -0.2) is 56.2 Å². The van der Waals surface area contributed by atoms with Crippen molar-refractivity contribution in [3.8, 4) is 17.0 Å². The number of aromatic nitrogens is 4. The highest BCUT2D eigenvalue weighted by molar-refractivity contribution is 6.02. The summed E-state index contributed by atoms with van der Waals surface area (Å²) in [5, 5.41) is 17.2. The Morgan fingerprint density at radius 1 is 1.06 bits per heavy atom. The van der Waals surface area contributed by atoms with E-state index in [1.165, 1.54) is 36.7 Å². The molecule has 7 rings (SSSR count). The summed E-state index contributed by atoms with van der Waals surface area (Å²) in [4.78, 5) is 43.4. The summed E-state index contributed by atoms with van der Waals surface area (Å²) in [6.07, 6.45) is 0.419. The minimum Gasteiger partial charge on any atom is -0.489 e. The number of amides is 2. The minimum absolute atomic E-state index is 0.0158. The summed E-state index contributed by atoms with van der Waals surface area (Å²) in [6, 6.07) is 12.0. The molecule has 15 heteroatoms. The first kappa shape index (κ1) is 32.8. The number of anilines is 2. The number of nitrogens with zero attached hydrogens (tertiary/aromatic N) is 4. The van der Waals surface area contributed by atoms with Crippen molar-refractivity contribution in [3.05, 3.63) is 101 Å². The molecular formula is C35H29F4N7O4. The number of pyridine rings is 2. The fraction of sp³-hybridized carbons (Fsp3) is 0.257. The van der Waals surface area contributed by atoms with Crippen molar-refractivity contribution >= 4 is 34.4 Å². The fourth-order valence-electron chi connectivity index (χ4n) is 6.33. The SMILES string of the molecule is Cc1cnc2c(Nc3ncccn3)cc(C(=O)NC[C@](O)(c3cc4c(c(-c5ccc(F)cc5)n3)OC[C@@]4(C(N)=O)C3CC3)C(F)(F)F)cc2c1. The number of halogens is 4. The van der Waals surface area contributed by atoms with Gasteiger partial charge in [0.1, 0.15) is 29.3 Å².